The molecule has 2 aromatic rings. The van der Waals surface area contributed by atoms with Gasteiger partial charge < -0.3 is 10.1 Å². The number of anilines is 1. The summed E-state index contributed by atoms with van der Waals surface area (Å²) in [7, 11) is 0. The van der Waals surface area contributed by atoms with Crippen molar-refractivity contribution in [3.63, 3.8) is 0 Å². The van der Waals surface area contributed by atoms with E-state index in [1.165, 1.54) is 29.5 Å². The van der Waals surface area contributed by atoms with Crippen LogP contribution in [-0.4, -0.2) is 23.4 Å². The summed E-state index contributed by atoms with van der Waals surface area (Å²) in [5.74, 6) is -1.32. The van der Waals surface area contributed by atoms with E-state index in [9.17, 15) is 19.7 Å². The first-order valence-electron chi connectivity index (χ1n) is 7.30. The number of nitro benzene ring substituents is 1. The van der Waals surface area contributed by atoms with Gasteiger partial charge in [-0.05, 0) is 48.6 Å². The number of nitrogens with zero attached hydrogens (tertiary/aromatic N) is 1. The van der Waals surface area contributed by atoms with Gasteiger partial charge in [-0.1, -0.05) is 6.07 Å². The molecule has 0 bridgehead atoms. The SMILES string of the molecule is Cc1cc(NC(=O)COC(=O)/C=C/c2cccs2)c([N+](=O)[O-])cc1C. The molecule has 1 aromatic heterocycles. The number of carbonyl (C=O) groups excluding carboxylic acids is 2. The maximum atomic E-state index is 11.9. The average Bonchev–Trinajstić information content (AvgIpc) is 3.07. The topological polar surface area (TPSA) is 98.5 Å². The lowest BCUT2D eigenvalue weighted by atomic mass is 10.1. The van der Waals surface area contributed by atoms with E-state index in [1.807, 2.05) is 17.5 Å². The minimum absolute atomic E-state index is 0.0725. The molecule has 8 heteroatoms. The Morgan fingerprint density at radius 1 is 1.32 bits per heavy atom. The fraction of sp³-hybridized carbons (Fsp3) is 0.176. The van der Waals surface area contributed by atoms with E-state index >= 15 is 0 Å². The summed E-state index contributed by atoms with van der Waals surface area (Å²) in [5.41, 5.74) is 1.41. The third kappa shape index (κ3) is 5.25. The van der Waals surface area contributed by atoms with E-state index in [0.717, 1.165) is 16.0 Å². The fourth-order valence-corrected chi connectivity index (χ4v) is 2.58. The Balaban J connectivity index is 1.95. The fourth-order valence-electron chi connectivity index (χ4n) is 1.96. The molecule has 130 valence electrons. The van der Waals surface area contributed by atoms with Crippen molar-refractivity contribution in [2.45, 2.75) is 13.8 Å². The number of benzene rings is 1. The van der Waals surface area contributed by atoms with Crippen molar-refractivity contribution in [3.8, 4) is 0 Å². The van der Waals surface area contributed by atoms with Crippen LogP contribution in [0.1, 0.15) is 16.0 Å². The van der Waals surface area contributed by atoms with E-state index in [1.54, 1.807) is 19.9 Å². The molecule has 0 saturated carbocycles. The number of amides is 1. The zero-order chi connectivity index (χ0) is 18.4. The lowest BCUT2D eigenvalue weighted by Crippen LogP contribution is -2.20. The van der Waals surface area contributed by atoms with E-state index in [-0.39, 0.29) is 11.4 Å². The predicted molar refractivity (Wildman–Crippen MR) is 95.5 cm³/mol. The van der Waals surface area contributed by atoms with Crippen LogP contribution in [0.4, 0.5) is 11.4 Å². The number of carbonyl (C=O) groups is 2. The Kier molecular flexibility index (Phi) is 6.02. The minimum atomic E-state index is -0.668. The van der Waals surface area contributed by atoms with Gasteiger partial charge in [0.1, 0.15) is 5.69 Å². The Hall–Kier alpha value is -3.00. The van der Waals surface area contributed by atoms with Crippen molar-refractivity contribution in [3.05, 3.63) is 61.8 Å². The van der Waals surface area contributed by atoms with Gasteiger partial charge >= 0.3 is 5.97 Å². The van der Waals surface area contributed by atoms with Crippen molar-refractivity contribution >= 4 is 40.7 Å². The average molecular weight is 360 g/mol. The Morgan fingerprint density at radius 2 is 2.04 bits per heavy atom. The van der Waals surface area contributed by atoms with Crippen LogP contribution in [0.3, 0.4) is 0 Å². The van der Waals surface area contributed by atoms with Gasteiger partial charge in [-0.3, -0.25) is 14.9 Å². The van der Waals surface area contributed by atoms with Gasteiger partial charge in [0, 0.05) is 17.0 Å². The second-order valence-electron chi connectivity index (χ2n) is 5.22. The van der Waals surface area contributed by atoms with Gasteiger partial charge in [-0.25, -0.2) is 4.79 Å². The molecule has 0 atom stereocenters. The molecular formula is C17H16N2O5S. The normalized spacial score (nSPS) is 10.6. The van der Waals surface area contributed by atoms with Crippen molar-refractivity contribution < 1.29 is 19.2 Å². The molecule has 0 spiro atoms. The standard InChI is InChI=1S/C17H16N2O5S/c1-11-8-14(15(19(22)23)9-12(11)2)18-16(20)10-24-17(21)6-5-13-4-3-7-25-13/h3-9H,10H2,1-2H3,(H,18,20)/b6-5+. The first-order chi connectivity index (χ1) is 11.9. The Morgan fingerprint density at radius 3 is 2.68 bits per heavy atom. The smallest absolute Gasteiger partial charge is 0.331 e. The summed E-state index contributed by atoms with van der Waals surface area (Å²) in [5, 5.41) is 15.4. The monoisotopic (exact) mass is 360 g/mol. The van der Waals surface area contributed by atoms with Crippen LogP contribution in [0, 0.1) is 24.0 Å². The molecule has 1 aromatic carbocycles. The summed E-state index contributed by atoms with van der Waals surface area (Å²) < 4.78 is 4.83. The number of rotatable bonds is 6. The van der Waals surface area contributed by atoms with E-state index in [2.05, 4.69) is 5.32 Å². The third-order valence-corrected chi connectivity index (χ3v) is 4.19. The summed E-state index contributed by atoms with van der Waals surface area (Å²) in [6, 6.07) is 6.59. The minimum Gasteiger partial charge on any atom is -0.452 e. The number of hydrogen-bond donors (Lipinski definition) is 1. The van der Waals surface area contributed by atoms with E-state index in [4.69, 9.17) is 4.74 Å². The Labute approximate surface area is 148 Å². The first-order valence-corrected chi connectivity index (χ1v) is 8.18. The van der Waals surface area contributed by atoms with Crippen molar-refractivity contribution in [2.24, 2.45) is 0 Å². The highest BCUT2D eigenvalue weighted by atomic mass is 32.1. The number of nitro groups is 1. The van der Waals surface area contributed by atoms with Crippen molar-refractivity contribution in [2.75, 3.05) is 11.9 Å². The largest absolute Gasteiger partial charge is 0.452 e. The van der Waals surface area contributed by atoms with Gasteiger partial charge in [0.15, 0.2) is 6.61 Å². The molecule has 0 unspecified atom stereocenters. The van der Waals surface area contributed by atoms with Crippen LogP contribution in [-0.2, 0) is 14.3 Å². The molecule has 1 amide bonds. The van der Waals surface area contributed by atoms with Gasteiger partial charge in [-0.2, -0.15) is 0 Å². The summed E-state index contributed by atoms with van der Waals surface area (Å²) in [4.78, 5) is 34.9. The van der Waals surface area contributed by atoms with Crippen LogP contribution in [0.2, 0.25) is 0 Å². The van der Waals surface area contributed by atoms with Crippen LogP contribution < -0.4 is 5.32 Å². The molecular weight excluding hydrogens is 344 g/mol. The highest BCUT2D eigenvalue weighted by Crippen LogP contribution is 2.27. The van der Waals surface area contributed by atoms with Crippen LogP contribution >= 0.6 is 11.3 Å². The number of esters is 1. The molecule has 7 nitrogen and oxygen atoms in total. The van der Waals surface area contributed by atoms with Crippen LogP contribution in [0.15, 0.2) is 35.7 Å². The number of hydrogen-bond acceptors (Lipinski definition) is 6. The maximum absolute atomic E-state index is 11.9. The van der Waals surface area contributed by atoms with Gasteiger partial charge in [0.2, 0.25) is 0 Å². The number of nitrogens with one attached hydrogen (secondary N) is 1. The van der Waals surface area contributed by atoms with Gasteiger partial charge in [0.05, 0.1) is 4.92 Å². The lowest BCUT2D eigenvalue weighted by Gasteiger charge is -2.09. The zero-order valence-corrected chi connectivity index (χ0v) is 14.5. The summed E-state index contributed by atoms with van der Waals surface area (Å²) in [6.07, 6.45) is 2.80. The van der Waals surface area contributed by atoms with E-state index < -0.39 is 23.4 Å². The first kappa shape index (κ1) is 18.3. The second-order valence-corrected chi connectivity index (χ2v) is 6.19. The molecule has 0 saturated heterocycles. The Bertz CT molecular complexity index is 828. The van der Waals surface area contributed by atoms with Gasteiger partial charge in [0.25, 0.3) is 11.6 Å². The van der Waals surface area contributed by atoms with Crippen molar-refractivity contribution in [1.29, 1.82) is 0 Å². The maximum Gasteiger partial charge on any atom is 0.331 e. The predicted octanol–water partition coefficient (Wildman–Crippen LogP) is 3.47. The van der Waals surface area contributed by atoms with E-state index in [0.29, 0.717) is 0 Å². The number of thiophene rings is 1. The molecule has 25 heavy (non-hydrogen) atoms. The number of aryl methyl sites for hydroxylation is 2. The van der Waals surface area contributed by atoms with Crippen LogP contribution in [0.25, 0.3) is 6.08 Å². The molecule has 2 rings (SSSR count). The zero-order valence-electron chi connectivity index (χ0n) is 13.6. The quantitative estimate of drug-likeness (QED) is 0.368. The summed E-state index contributed by atoms with van der Waals surface area (Å²) in [6.45, 7) is 3.00. The number of ether oxygens (including phenoxy) is 1. The van der Waals surface area contributed by atoms with Crippen LogP contribution in [0.5, 0.6) is 0 Å². The molecule has 0 aliphatic carbocycles. The highest BCUT2D eigenvalue weighted by Gasteiger charge is 2.18. The second kappa shape index (κ2) is 8.20. The third-order valence-electron chi connectivity index (χ3n) is 3.36. The molecule has 0 fully saturated rings. The molecule has 0 aliphatic rings. The molecule has 0 aliphatic heterocycles. The highest BCUT2D eigenvalue weighted by molar-refractivity contribution is 7.10. The molecule has 0 radical (unpaired) electrons. The molecule has 1 heterocycles. The summed E-state index contributed by atoms with van der Waals surface area (Å²) >= 11 is 1.46. The lowest BCUT2D eigenvalue weighted by molar-refractivity contribution is -0.384. The van der Waals surface area contributed by atoms with Gasteiger partial charge in [-0.15, -0.1) is 11.3 Å². The van der Waals surface area contributed by atoms with Crippen molar-refractivity contribution in [1.82, 2.24) is 0 Å². The molecule has 1 N–H and O–H groups in total.